The molecular formula is C14H16ClNO4S. The van der Waals surface area contributed by atoms with E-state index in [-0.39, 0.29) is 22.6 Å². The van der Waals surface area contributed by atoms with Gasteiger partial charge in [0.25, 0.3) is 0 Å². The molecule has 0 spiro atoms. The minimum absolute atomic E-state index is 0.0398. The van der Waals surface area contributed by atoms with Crippen molar-refractivity contribution in [1.82, 2.24) is 4.72 Å². The van der Waals surface area contributed by atoms with Crippen LogP contribution in [0.4, 0.5) is 0 Å². The number of hydrogen-bond donors (Lipinski definition) is 2. The van der Waals surface area contributed by atoms with Gasteiger partial charge in [-0.1, -0.05) is 17.7 Å². The second kappa shape index (κ2) is 6.62. The molecule has 0 aliphatic carbocycles. The molecule has 0 bridgehead atoms. The quantitative estimate of drug-likeness (QED) is 0.852. The molecule has 0 radical (unpaired) electrons. The molecule has 0 saturated heterocycles. The maximum atomic E-state index is 12.4. The van der Waals surface area contributed by atoms with Gasteiger partial charge >= 0.3 is 0 Å². The summed E-state index contributed by atoms with van der Waals surface area (Å²) in [7, 11) is -3.76. The van der Waals surface area contributed by atoms with Gasteiger partial charge in [0.2, 0.25) is 10.0 Å². The highest BCUT2D eigenvalue weighted by molar-refractivity contribution is 7.89. The fourth-order valence-electron chi connectivity index (χ4n) is 1.95. The first-order valence-corrected chi connectivity index (χ1v) is 8.22. The van der Waals surface area contributed by atoms with Crippen LogP contribution < -0.4 is 4.72 Å². The summed E-state index contributed by atoms with van der Waals surface area (Å²) < 4.78 is 32.4. The zero-order valence-corrected chi connectivity index (χ0v) is 13.0. The molecule has 2 aromatic rings. The summed E-state index contributed by atoms with van der Waals surface area (Å²) in [6, 6.07) is 7.58. The Balaban J connectivity index is 2.18. The summed E-state index contributed by atoms with van der Waals surface area (Å²) in [6.07, 6.45) is 1.97. The average molecular weight is 330 g/mol. The van der Waals surface area contributed by atoms with E-state index in [1.807, 2.05) is 0 Å². The lowest BCUT2D eigenvalue weighted by molar-refractivity contribution is 0.281. The van der Waals surface area contributed by atoms with Gasteiger partial charge in [0, 0.05) is 12.5 Å². The number of sulfonamides is 1. The van der Waals surface area contributed by atoms with E-state index in [0.717, 1.165) is 0 Å². The van der Waals surface area contributed by atoms with Crippen LogP contribution in [0.15, 0.2) is 45.9 Å². The second-order valence-corrected chi connectivity index (χ2v) is 6.82. The number of furan rings is 1. The Hall–Kier alpha value is -1.34. The molecule has 7 heteroatoms. The van der Waals surface area contributed by atoms with Gasteiger partial charge in [-0.2, -0.15) is 0 Å². The lowest BCUT2D eigenvalue weighted by atomic mass is 10.2. The number of rotatable bonds is 6. The summed E-state index contributed by atoms with van der Waals surface area (Å²) >= 11 is 5.94. The molecular weight excluding hydrogens is 314 g/mol. The molecule has 0 amide bonds. The summed E-state index contributed by atoms with van der Waals surface area (Å²) in [6.45, 7) is 1.49. The van der Waals surface area contributed by atoms with Crippen LogP contribution in [0.5, 0.6) is 0 Å². The molecule has 0 fully saturated rings. The van der Waals surface area contributed by atoms with E-state index >= 15 is 0 Å². The second-order valence-electron chi connectivity index (χ2n) is 4.73. The van der Waals surface area contributed by atoms with Crippen LogP contribution >= 0.6 is 11.6 Å². The van der Waals surface area contributed by atoms with Gasteiger partial charge in [0.15, 0.2) is 0 Å². The van der Waals surface area contributed by atoms with E-state index in [0.29, 0.717) is 17.7 Å². The number of nitrogens with one attached hydrogen (secondary N) is 1. The largest absolute Gasteiger partial charge is 0.469 e. The molecule has 1 atom stereocenters. The number of benzene rings is 1. The Labute approximate surface area is 128 Å². The zero-order valence-electron chi connectivity index (χ0n) is 11.4. The SMILES string of the molecule is CC(Cc1ccco1)NS(=O)(=O)c1cc(CO)ccc1Cl. The third-order valence-electron chi connectivity index (χ3n) is 2.91. The minimum Gasteiger partial charge on any atom is -0.469 e. The van der Waals surface area contributed by atoms with E-state index in [1.165, 1.54) is 18.4 Å². The van der Waals surface area contributed by atoms with Crippen LogP contribution in [0.25, 0.3) is 0 Å². The predicted octanol–water partition coefficient (Wildman–Crippen LogP) is 2.33. The van der Waals surface area contributed by atoms with Crippen molar-refractivity contribution < 1.29 is 17.9 Å². The maximum Gasteiger partial charge on any atom is 0.242 e. The normalized spacial score (nSPS) is 13.3. The molecule has 1 unspecified atom stereocenters. The first-order valence-electron chi connectivity index (χ1n) is 6.36. The average Bonchev–Trinajstić information content (AvgIpc) is 2.91. The fourth-order valence-corrected chi connectivity index (χ4v) is 3.75. The van der Waals surface area contributed by atoms with E-state index in [4.69, 9.17) is 21.1 Å². The van der Waals surface area contributed by atoms with Crippen LogP contribution in [0.1, 0.15) is 18.2 Å². The predicted molar refractivity (Wildman–Crippen MR) is 79.6 cm³/mol. The van der Waals surface area contributed by atoms with E-state index < -0.39 is 10.0 Å². The first-order chi connectivity index (χ1) is 9.92. The maximum absolute atomic E-state index is 12.4. The van der Waals surface area contributed by atoms with Crippen molar-refractivity contribution in [3.05, 3.63) is 52.9 Å². The molecule has 0 aliphatic heterocycles. The molecule has 1 aromatic carbocycles. The van der Waals surface area contributed by atoms with Crippen LogP contribution in [-0.2, 0) is 23.1 Å². The van der Waals surface area contributed by atoms with Gasteiger partial charge in [0.1, 0.15) is 10.7 Å². The van der Waals surface area contributed by atoms with Gasteiger partial charge in [-0.25, -0.2) is 13.1 Å². The van der Waals surface area contributed by atoms with E-state index in [1.54, 1.807) is 25.1 Å². The summed E-state index contributed by atoms with van der Waals surface area (Å²) in [5.41, 5.74) is 0.485. The monoisotopic (exact) mass is 329 g/mol. The van der Waals surface area contributed by atoms with E-state index in [2.05, 4.69) is 4.72 Å². The number of aliphatic hydroxyl groups is 1. The lowest BCUT2D eigenvalue weighted by Crippen LogP contribution is -2.34. The highest BCUT2D eigenvalue weighted by Gasteiger charge is 2.21. The van der Waals surface area contributed by atoms with Gasteiger partial charge in [-0.15, -0.1) is 0 Å². The lowest BCUT2D eigenvalue weighted by Gasteiger charge is -2.14. The topological polar surface area (TPSA) is 79.5 Å². The smallest absolute Gasteiger partial charge is 0.242 e. The van der Waals surface area contributed by atoms with E-state index in [9.17, 15) is 8.42 Å². The Kier molecular flexibility index (Phi) is 5.05. The molecule has 5 nitrogen and oxygen atoms in total. The standard InChI is InChI=1S/C14H16ClNO4S/c1-10(7-12-3-2-6-20-12)16-21(18,19)14-8-11(9-17)4-5-13(14)15/h2-6,8,10,16-17H,7,9H2,1H3. The Morgan fingerprint density at radius 2 is 2.14 bits per heavy atom. The van der Waals surface area contributed by atoms with Crippen molar-refractivity contribution in [2.75, 3.05) is 0 Å². The Morgan fingerprint density at radius 3 is 2.76 bits per heavy atom. The van der Waals surface area contributed by atoms with Crippen LogP contribution in [0, 0.1) is 0 Å². The number of aliphatic hydroxyl groups excluding tert-OH is 1. The van der Waals surface area contributed by atoms with Crippen LogP contribution in [0.3, 0.4) is 0 Å². The Morgan fingerprint density at radius 1 is 1.38 bits per heavy atom. The molecule has 1 heterocycles. The van der Waals surface area contributed by atoms with Crippen molar-refractivity contribution in [1.29, 1.82) is 0 Å². The Bertz CT molecular complexity index is 698. The van der Waals surface area contributed by atoms with Gasteiger partial charge in [0.05, 0.1) is 17.9 Å². The van der Waals surface area contributed by atoms with Crippen molar-refractivity contribution in [2.24, 2.45) is 0 Å². The molecule has 0 saturated carbocycles. The number of halogens is 1. The van der Waals surface area contributed by atoms with Crippen molar-refractivity contribution in [3.63, 3.8) is 0 Å². The summed E-state index contributed by atoms with van der Waals surface area (Å²) in [5.74, 6) is 0.695. The molecule has 2 N–H and O–H groups in total. The molecule has 114 valence electrons. The van der Waals surface area contributed by atoms with Crippen molar-refractivity contribution in [2.45, 2.75) is 30.9 Å². The highest BCUT2D eigenvalue weighted by Crippen LogP contribution is 2.23. The van der Waals surface area contributed by atoms with Crippen molar-refractivity contribution in [3.8, 4) is 0 Å². The first kappa shape index (κ1) is 16.0. The third kappa shape index (κ3) is 4.07. The highest BCUT2D eigenvalue weighted by atomic mass is 35.5. The minimum atomic E-state index is -3.76. The summed E-state index contributed by atoms with van der Waals surface area (Å²) in [5, 5.41) is 9.22. The fraction of sp³-hybridized carbons (Fsp3) is 0.286. The zero-order chi connectivity index (χ0) is 15.5. The number of hydrogen-bond acceptors (Lipinski definition) is 4. The molecule has 0 aliphatic rings. The van der Waals surface area contributed by atoms with Gasteiger partial charge in [-0.05, 0) is 36.8 Å². The molecule has 2 rings (SSSR count). The summed E-state index contributed by atoms with van der Waals surface area (Å²) in [4.78, 5) is -0.0398. The van der Waals surface area contributed by atoms with Gasteiger partial charge in [-0.3, -0.25) is 0 Å². The van der Waals surface area contributed by atoms with Crippen LogP contribution in [0.2, 0.25) is 5.02 Å². The third-order valence-corrected chi connectivity index (χ3v) is 4.98. The van der Waals surface area contributed by atoms with Crippen LogP contribution in [-0.4, -0.2) is 19.6 Å². The molecule has 21 heavy (non-hydrogen) atoms. The van der Waals surface area contributed by atoms with Crippen molar-refractivity contribution >= 4 is 21.6 Å². The molecule has 1 aromatic heterocycles. The van der Waals surface area contributed by atoms with Gasteiger partial charge < -0.3 is 9.52 Å².